The Labute approximate surface area is 138 Å². The SMILES string of the molecule is CCOCC1C2Oc3ccc(Oc4ncnc5nc[nH]c45)cc3C12. The van der Waals surface area contributed by atoms with Gasteiger partial charge >= 0.3 is 0 Å². The topological polar surface area (TPSA) is 82.2 Å². The van der Waals surface area contributed by atoms with Crippen molar-refractivity contribution in [3.8, 4) is 17.4 Å². The van der Waals surface area contributed by atoms with Gasteiger partial charge < -0.3 is 19.2 Å². The quantitative estimate of drug-likeness (QED) is 0.777. The van der Waals surface area contributed by atoms with Gasteiger partial charge in [0.1, 0.15) is 29.4 Å². The third-order valence-electron chi connectivity index (χ3n) is 4.62. The van der Waals surface area contributed by atoms with E-state index in [4.69, 9.17) is 14.2 Å². The number of fused-ring (bicyclic) bond motifs is 4. The molecule has 3 heterocycles. The highest BCUT2D eigenvalue weighted by molar-refractivity contribution is 5.75. The van der Waals surface area contributed by atoms with Crippen LogP contribution in [0.25, 0.3) is 11.2 Å². The maximum absolute atomic E-state index is 5.98. The summed E-state index contributed by atoms with van der Waals surface area (Å²) in [5, 5.41) is 0. The largest absolute Gasteiger partial charge is 0.489 e. The number of nitrogens with zero attached hydrogens (tertiary/aromatic N) is 3. The molecule has 1 aliphatic carbocycles. The summed E-state index contributed by atoms with van der Waals surface area (Å²) in [4.78, 5) is 15.4. The van der Waals surface area contributed by atoms with E-state index in [1.807, 2.05) is 25.1 Å². The minimum Gasteiger partial charge on any atom is -0.489 e. The highest BCUT2D eigenvalue weighted by Gasteiger charge is 2.58. The molecule has 0 spiro atoms. The molecule has 5 rings (SSSR count). The molecule has 122 valence electrons. The number of aromatic nitrogens is 4. The molecule has 24 heavy (non-hydrogen) atoms. The predicted octanol–water partition coefficient (Wildman–Crippen LogP) is 2.66. The van der Waals surface area contributed by atoms with Crippen LogP contribution in [0.15, 0.2) is 30.9 Å². The lowest BCUT2D eigenvalue weighted by Gasteiger charge is -2.10. The van der Waals surface area contributed by atoms with Crippen LogP contribution in [0.2, 0.25) is 0 Å². The van der Waals surface area contributed by atoms with Crippen LogP contribution in [0, 0.1) is 5.92 Å². The molecule has 0 saturated heterocycles. The van der Waals surface area contributed by atoms with Crippen molar-refractivity contribution in [2.75, 3.05) is 13.2 Å². The lowest BCUT2D eigenvalue weighted by atomic mass is 10.1. The van der Waals surface area contributed by atoms with Crippen LogP contribution in [-0.2, 0) is 4.74 Å². The van der Waals surface area contributed by atoms with Gasteiger partial charge in [0.15, 0.2) is 5.65 Å². The van der Waals surface area contributed by atoms with Gasteiger partial charge in [-0.25, -0.2) is 9.97 Å². The third-order valence-corrected chi connectivity index (χ3v) is 4.62. The van der Waals surface area contributed by atoms with Crippen molar-refractivity contribution in [1.29, 1.82) is 0 Å². The molecular formula is C17H16N4O3. The number of aromatic amines is 1. The molecule has 1 aromatic carbocycles. The summed E-state index contributed by atoms with van der Waals surface area (Å²) in [5.74, 6) is 3.00. The van der Waals surface area contributed by atoms with Crippen LogP contribution >= 0.6 is 0 Å². The number of ether oxygens (including phenoxy) is 3. The van der Waals surface area contributed by atoms with Crippen molar-refractivity contribution in [2.24, 2.45) is 5.92 Å². The van der Waals surface area contributed by atoms with E-state index in [-0.39, 0.29) is 6.10 Å². The Hall–Kier alpha value is -2.67. The van der Waals surface area contributed by atoms with Gasteiger partial charge in [-0.1, -0.05) is 0 Å². The highest BCUT2D eigenvalue weighted by atomic mass is 16.5. The number of nitrogens with one attached hydrogen (secondary N) is 1. The lowest BCUT2D eigenvalue weighted by Crippen LogP contribution is -2.05. The van der Waals surface area contributed by atoms with E-state index in [0.29, 0.717) is 28.9 Å². The Bertz CT molecular complexity index is 910. The van der Waals surface area contributed by atoms with Crippen LogP contribution in [0.5, 0.6) is 17.4 Å². The number of H-pyrrole nitrogens is 1. The molecule has 0 amide bonds. The van der Waals surface area contributed by atoms with E-state index in [0.717, 1.165) is 24.7 Å². The van der Waals surface area contributed by atoms with Gasteiger partial charge in [0.25, 0.3) is 0 Å². The lowest BCUT2D eigenvalue weighted by molar-refractivity contribution is 0.122. The minimum atomic E-state index is 0.250. The average Bonchev–Trinajstić information content (AvgIpc) is 2.96. The summed E-state index contributed by atoms with van der Waals surface area (Å²) in [6.45, 7) is 3.49. The summed E-state index contributed by atoms with van der Waals surface area (Å²) < 4.78 is 17.5. The molecule has 0 bridgehead atoms. The van der Waals surface area contributed by atoms with Gasteiger partial charge in [-0.15, -0.1) is 0 Å². The first-order valence-electron chi connectivity index (χ1n) is 8.05. The van der Waals surface area contributed by atoms with Crippen LogP contribution in [0.1, 0.15) is 18.4 Å². The van der Waals surface area contributed by atoms with Crippen molar-refractivity contribution in [3.63, 3.8) is 0 Å². The zero-order chi connectivity index (χ0) is 16.1. The molecule has 1 N–H and O–H groups in total. The monoisotopic (exact) mass is 324 g/mol. The van der Waals surface area contributed by atoms with Crippen molar-refractivity contribution >= 4 is 11.2 Å². The summed E-state index contributed by atoms with van der Waals surface area (Å²) in [7, 11) is 0. The maximum atomic E-state index is 5.98. The average molecular weight is 324 g/mol. The first-order chi connectivity index (χ1) is 11.8. The molecular weight excluding hydrogens is 308 g/mol. The van der Waals surface area contributed by atoms with E-state index in [9.17, 15) is 0 Å². The maximum Gasteiger partial charge on any atom is 0.248 e. The summed E-state index contributed by atoms with van der Waals surface area (Å²) in [6.07, 6.45) is 3.28. The Balaban J connectivity index is 1.41. The van der Waals surface area contributed by atoms with E-state index in [2.05, 4.69) is 19.9 Å². The number of imidazole rings is 1. The molecule has 1 fully saturated rings. The molecule has 1 saturated carbocycles. The van der Waals surface area contributed by atoms with Crippen LogP contribution < -0.4 is 9.47 Å². The van der Waals surface area contributed by atoms with Crippen LogP contribution in [-0.4, -0.2) is 39.3 Å². The van der Waals surface area contributed by atoms with Crippen LogP contribution in [0.3, 0.4) is 0 Å². The standard InChI is InChI=1S/C17H16N4O3/c1-2-22-6-11-13-10-5-9(3-4-12(10)24-15(11)13)23-17-14-16(19-7-18-14)20-8-21-17/h3-5,7-8,11,13,15H,2,6H2,1H3,(H,18,19,20,21). The van der Waals surface area contributed by atoms with Crippen molar-refractivity contribution in [3.05, 3.63) is 36.4 Å². The molecule has 0 radical (unpaired) electrons. The Morgan fingerprint density at radius 1 is 1.25 bits per heavy atom. The molecule has 2 aromatic heterocycles. The van der Waals surface area contributed by atoms with Crippen LogP contribution in [0.4, 0.5) is 0 Å². The second-order valence-corrected chi connectivity index (χ2v) is 6.01. The molecule has 7 nitrogen and oxygen atoms in total. The predicted molar refractivity (Wildman–Crippen MR) is 85.3 cm³/mol. The second kappa shape index (κ2) is 5.17. The van der Waals surface area contributed by atoms with Gasteiger partial charge in [-0.05, 0) is 25.1 Å². The summed E-state index contributed by atoms with van der Waals surface area (Å²) in [6, 6.07) is 5.89. The third kappa shape index (κ3) is 2.05. The van der Waals surface area contributed by atoms with Gasteiger partial charge in [-0.2, -0.15) is 4.98 Å². The van der Waals surface area contributed by atoms with Gasteiger partial charge in [0.2, 0.25) is 5.88 Å². The van der Waals surface area contributed by atoms with Crippen molar-refractivity contribution in [1.82, 2.24) is 19.9 Å². The smallest absolute Gasteiger partial charge is 0.248 e. The Morgan fingerprint density at radius 3 is 3.12 bits per heavy atom. The second-order valence-electron chi connectivity index (χ2n) is 6.01. The molecule has 3 unspecified atom stereocenters. The normalized spacial score (nSPS) is 23.6. The first-order valence-corrected chi connectivity index (χ1v) is 8.05. The Morgan fingerprint density at radius 2 is 2.21 bits per heavy atom. The molecule has 7 heteroatoms. The number of hydrogen-bond donors (Lipinski definition) is 1. The molecule has 3 atom stereocenters. The fourth-order valence-electron chi connectivity index (χ4n) is 3.40. The summed E-state index contributed by atoms with van der Waals surface area (Å²) >= 11 is 0. The summed E-state index contributed by atoms with van der Waals surface area (Å²) in [5.41, 5.74) is 2.47. The molecule has 1 aliphatic heterocycles. The fourth-order valence-corrected chi connectivity index (χ4v) is 3.40. The van der Waals surface area contributed by atoms with E-state index >= 15 is 0 Å². The van der Waals surface area contributed by atoms with E-state index in [1.54, 1.807) is 6.33 Å². The number of benzene rings is 1. The van der Waals surface area contributed by atoms with Crippen molar-refractivity contribution in [2.45, 2.75) is 18.9 Å². The van der Waals surface area contributed by atoms with E-state index in [1.165, 1.54) is 11.9 Å². The minimum absolute atomic E-state index is 0.250. The van der Waals surface area contributed by atoms with E-state index < -0.39 is 0 Å². The number of rotatable bonds is 5. The Kier molecular flexibility index (Phi) is 2.96. The fraction of sp³-hybridized carbons (Fsp3) is 0.353. The molecule has 3 aromatic rings. The zero-order valence-corrected chi connectivity index (χ0v) is 13.1. The van der Waals surface area contributed by atoms with Gasteiger partial charge in [-0.3, -0.25) is 0 Å². The first kappa shape index (κ1) is 13.7. The highest BCUT2D eigenvalue weighted by Crippen LogP contribution is 2.58. The van der Waals surface area contributed by atoms with Crippen molar-refractivity contribution < 1.29 is 14.2 Å². The molecule has 2 aliphatic rings. The van der Waals surface area contributed by atoms with Gasteiger partial charge in [0, 0.05) is 24.0 Å². The van der Waals surface area contributed by atoms with Gasteiger partial charge in [0.05, 0.1) is 12.9 Å². The zero-order valence-electron chi connectivity index (χ0n) is 13.1. The number of hydrogen-bond acceptors (Lipinski definition) is 6.